The van der Waals surface area contributed by atoms with Gasteiger partial charge >= 0.3 is 0 Å². The number of pyridine rings is 1. The quantitative estimate of drug-likeness (QED) is 0.697. The van der Waals surface area contributed by atoms with E-state index in [9.17, 15) is 14.0 Å². The molecule has 5 nitrogen and oxygen atoms in total. The molecule has 0 unspecified atom stereocenters. The second kappa shape index (κ2) is 8.06. The smallest absolute Gasteiger partial charge is 0.256 e. The number of fused-ring (bicyclic) bond motifs is 2. The fourth-order valence-corrected chi connectivity index (χ4v) is 3.78. The van der Waals surface area contributed by atoms with E-state index in [1.54, 1.807) is 29.3 Å². The number of rotatable bonds is 3. The van der Waals surface area contributed by atoms with Gasteiger partial charge in [-0.25, -0.2) is 4.39 Å². The third-order valence-electron chi connectivity index (χ3n) is 5.23. The normalized spacial score (nSPS) is 14.0. The number of nitrogens with one attached hydrogen (secondary N) is 1. The largest absolute Gasteiger partial charge is 0.328 e. The number of nitrogens with zero attached hydrogens (tertiary/aromatic N) is 2. The summed E-state index contributed by atoms with van der Waals surface area (Å²) in [6.45, 7) is 4.59. The fourth-order valence-electron chi connectivity index (χ4n) is 3.78. The molecule has 6 heteroatoms. The molecule has 1 N–H and O–H groups in total. The number of aromatic nitrogens is 1. The molecule has 0 bridgehead atoms. The molecule has 0 saturated heterocycles. The molecule has 5 rings (SSSR count). The van der Waals surface area contributed by atoms with Crippen LogP contribution in [0.4, 0.5) is 10.1 Å². The lowest BCUT2D eigenvalue weighted by molar-refractivity contribution is -0.115. The highest BCUT2D eigenvalue weighted by molar-refractivity contribution is 5.99. The van der Waals surface area contributed by atoms with Gasteiger partial charge < -0.3 is 10.2 Å². The second-order valence-electron chi connectivity index (χ2n) is 7.06. The van der Waals surface area contributed by atoms with E-state index in [4.69, 9.17) is 0 Å². The Balaban J connectivity index is 0.00000106. The Bertz CT molecular complexity index is 1140. The Hall–Kier alpha value is -3.54. The van der Waals surface area contributed by atoms with E-state index in [1.165, 1.54) is 6.07 Å². The van der Waals surface area contributed by atoms with Crippen LogP contribution in [-0.2, 0) is 24.3 Å². The topological polar surface area (TPSA) is 62.3 Å². The minimum Gasteiger partial charge on any atom is -0.328 e. The number of carbonyl (C=O) groups excluding carboxylic acids is 2. The van der Waals surface area contributed by atoms with E-state index in [0.717, 1.165) is 28.1 Å². The first-order valence-corrected chi connectivity index (χ1v) is 10.0. The van der Waals surface area contributed by atoms with Crippen LogP contribution in [0, 0.1) is 5.82 Å². The molecule has 0 fully saturated rings. The van der Waals surface area contributed by atoms with Gasteiger partial charge in [0.1, 0.15) is 5.82 Å². The number of anilines is 1. The van der Waals surface area contributed by atoms with Gasteiger partial charge in [-0.3, -0.25) is 14.6 Å². The molecule has 3 heterocycles. The van der Waals surface area contributed by atoms with Crippen molar-refractivity contribution in [2.24, 2.45) is 0 Å². The first-order valence-electron chi connectivity index (χ1n) is 10.0. The van der Waals surface area contributed by atoms with Crippen LogP contribution >= 0.6 is 0 Å². The summed E-state index contributed by atoms with van der Waals surface area (Å²) in [6.07, 6.45) is 2.00. The number of carbonyl (C=O) groups is 2. The molecule has 2 aliphatic heterocycles. The monoisotopic (exact) mass is 403 g/mol. The fraction of sp³-hybridized carbons (Fsp3) is 0.208. The van der Waals surface area contributed by atoms with E-state index in [0.29, 0.717) is 24.1 Å². The summed E-state index contributed by atoms with van der Waals surface area (Å²) in [5.74, 6) is -0.509. The van der Waals surface area contributed by atoms with E-state index < -0.39 is 0 Å². The van der Waals surface area contributed by atoms with Gasteiger partial charge in [0, 0.05) is 24.0 Å². The molecular formula is C24H22FN3O2. The number of amides is 2. The lowest BCUT2D eigenvalue weighted by Gasteiger charge is -2.16. The molecule has 0 saturated carbocycles. The predicted molar refractivity (Wildman–Crippen MR) is 113 cm³/mol. The van der Waals surface area contributed by atoms with Gasteiger partial charge in [0.2, 0.25) is 5.91 Å². The molecule has 0 atom stereocenters. The molecule has 2 aromatic carbocycles. The minimum atomic E-state index is -0.357. The molecule has 3 aromatic rings. The first kappa shape index (κ1) is 19.8. The van der Waals surface area contributed by atoms with Crippen LogP contribution < -0.4 is 5.32 Å². The van der Waals surface area contributed by atoms with E-state index in [2.05, 4.69) is 10.3 Å². The van der Waals surface area contributed by atoms with Crippen molar-refractivity contribution in [3.05, 3.63) is 82.9 Å². The second-order valence-corrected chi connectivity index (χ2v) is 7.06. The van der Waals surface area contributed by atoms with Crippen molar-refractivity contribution in [3.63, 3.8) is 0 Å². The highest BCUT2D eigenvalue weighted by atomic mass is 19.1. The van der Waals surface area contributed by atoms with Gasteiger partial charge in [0.05, 0.1) is 24.2 Å². The summed E-state index contributed by atoms with van der Waals surface area (Å²) >= 11 is 0. The van der Waals surface area contributed by atoms with Crippen LogP contribution in [-0.4, -0.2) is 21.7 Å². The summed E-state index contributed by atoms with van der Waals surface area (Å²) in [5.41, 5.74) is 5.09. The zero-order chi connectivity index (χ0) is 21.3. The van der Waals surface area contributed by atoms with Crippen LogP contribution in [0.15, 0.2) is 54.7 Å². The maximum atomic E-state index is 14.8. The predicted octanol–water partition coefficient (Wildman–Crippen LogP) is 4.56. The average molecular weight is 403 g/mol. The Labute approximate surface area is 174 Å². The summed E-state index contributed by atoms with van der Waals surface area (Å²) in [7, 11) is 0. The van der Waals surface area contributed by atoms with Crippen molar-refractivity contribution in [3.8, 4) is 11.1 Å². The minimum absolute atomic E-state index is 0.0283. The highest BCUT2D eigenvalue weighted by Gasteiger charge is 2.28. The van der Waals surface area contributed by atoms with Gasteiger partial charge in [-0.05, 0) is 47.0 Å². The summed E-state index contributed by atoms with van der Waals surface area (Å²) < 4.78 is 14.8. The van der Waals surface area contributed by atoms with Crippen molar-refractivity contribution in [2.75, 3.05) is 5.32 Å². The number of halogens is 1. The molecule has 2 amide bonds. The van der Waals surface area contributed by atoms with E-state index in [-0.39, 0.29) is 24.2 Å². The summed E-state index contributed by atoms with van der Waals surface area (Å²) in [6, 6.07) is 14.1. The molecule has 152 valence electrons. The van der Waals surface area contributed by atoms with Crippen LogP contribution in [0.3, 0.4) is 0 Å². The van der Waals surface area contributed by atoms with Gasteiger partial charge in [0.15, 0.2) is 0 Å². The number of hydrogen-bond acceptors (Lipinski definition) is 3. The third-order valence-corrected chi connectivity index (χ3v) is 5.23. The van der Waals surface area contributed by atoms with Gasteiger partial charge in [-0.15, -0.1) is 0 Å². The van der Waals surface area contributed by atoms with E-state index >= 15 is 0 Å². The number of benzene rings is 2. The molecule has 0 aliphatic carbocycles. The van der Waals surface area contributed by atoms with Crippen LogP contribution in [0.25, 0.3) is 11.1 Å². The van der Waals surface area contributed by atoms with Crippen molar-refractivity contribution in [1.82, 2.24) is 9.88 Å². The van der Waals surface area contributed by atoms with Crippen LogP contribution in [0.5, 0.6) is 0 Å². The molecule has 30 heavy (non-hydrogen) atoms. The summed E-state index contributed by atoms with van der Waals surface area (Å²) in [5, 5.41) is 2.79. The first-order chi connectivity index (χ1) is 14.6. The molecule has 1 aromatic heterocycles. The molecular weight excluding hydrogens is 381 g/mol. The zero-order valence-electron chi connectivity index (χ0n) is 16.9. The third kappa shape index (κ3) is 3.56. The highest BCUT2D eigenvalue weighted by Crippen LogP contribution is 2.30. The van der Waals surface area contributed by atoms with Crippen LogP contribution in [0.2, 0.25) is 0 Å². The van der Waals surface area contributed by atoms with Crippen molar-refractivity contribution < 1.29 is 14.0 Å². The molecule has 0 radical (unpaired) electrons. The zero-order valence-corrected chi connectivity index (χ0v) is 16.9. The Morgan fingerprint density at radius 1 is 1.07 bits per heavy atom. The standard InChI is InChI=1S/C22H16FN3O2.C2H6/c23-18-9-14(13-5-6-19-16(8-13)10-21(27)25-19)3-4-15(18)11-26-12-20-17(22(26)28)2-1-7-24-20;1-2/h1-9H,10-12H2,(H,25,27);1-2H3. The Morgan fingerprint density at radius 3 is 2.60 bits per heavy atom. The van der Waals surface area contributed by atoms with Crippen molar-refractivity contribution in [2.45, 2.75) is 33.4 Å². The van der Waals surface area contributed by atoms with E-state index in [1.807, 2.05) is 38.1 Å². The van der Waals surface area contributed by atoms with Crippen molar-refractivity contribution in [1.29, 1.82) is 0 Å². The SMILES string of the molecule is CC.O=C1Cc2cc(-c3ccc(CN4Cc5ncccc5C4=O)c(F)c3)ccc2N1. The average Bonchev–Trinajstić information content (AvgIpc) is 3.29. The lowest BCUT2D eigenvalue weighted by Crippen LogP contribution is -2.23. The van der Waals surface area contributed by atoms with Crippen molar-refractivity contribution >= 4 is 17.5 Å². The Morgan fingerprint density at radius 2 is 1.83 bits per heavy atom. The van der Waals surface area contributed by atoms with Crippen LogP contribution in [0.1, 0.15) is 41.0 Å². The lowest BCUT2D eigenvalue weighted by atomic mass is 10.00. The van der Waals surface area contributed by atoms with Gasteiger partial charge in [0.25, 0.3) is 5.91 Å². The van der Waals surface area contributed by atoms with Gasteiger partial charge in [-0.2, -0.15) is 0 Å². The summed E-state index contributed by atoms with van der Waals surface area (Å²) in [4.78, 5) is 29.8. The molecule has 0 spiro atoms. The van der Waals surface area contributed by atoms with Gasteiger partial charge in [-0.1, -0.05) is 32.0 Å². The Kier molecular flexibility index (Phi) is 5.31. The maximum absolute atomic E-state index is 14.8. The molecule has 2 aliphatic rings. The maximum Gasteiger partial charge on any atom is 0.256 e. The number of hydrogen-bond donors (Lipinski definition) is 1.